The topological polar surface area (TPSA) is 73.3 Å². The number of allylic oxidation sites excluding steroid dienone is 6. The largest absolute Gasteiger partial charge is 0.481 e. The second kappa shape index (κ2) is 23.4. The summed E-state index contributed by atoms with van der Waals surface area (Å²) in [6, 6.07) is 15.1. The molecular weight excluding hydrogens is 502 g/mol. The summed E-state index contributed by atoms with van der Waals surface area (Å²) in [6.45, 7) is 11.5. The number of ether oxygens (including phenoxy) is 1. The average Bonchev–Trinajstić information content (AvgIpc) is 2.96. The van der Waals surface area contributed by atoms with Crippen LogP contribution >= 0.6 is 0 Å². The summed E-state index contributed by atoms with van der Waals surface area (Å²) in [6.07, 6.45) is 23.9. The molecule has 1 aliphatic carbocycles. The average molecular weight is 560 g/mol. The van der Waals surface area contributed by atoms with E-state index in [1.54, 1.807) is 0 Å². The van der Waals surface area contributed by atoms with Gasteiger partial charge in [0.05, 0.1) is 0 Å². The first-order valence-electron chi connectivity index (χ1n) is 15.1. The van der Waals surface area contributed by atoms with E-state index in [2.05, 4.69) is 50.2 Å². The number of hydrogen-bond donors (Lipinski definition) is 3. The molecule has 1 fully saturated rings. The molecule has 1 saturated carbocycles. The molecule has 0 saturated heterocycles. The highest BCUT2D eigenvalue weighted by molar-refractivity contribution is 5.55. The minimum absolute atomic E-state index is 0. The zero-order valence-electron chi connectivity index (χ0n) is 25.7. The van der Waals surface area contributed by atoms with Gasteiger partial charge in [-0.3, -0.25) is 0 Å². The van der Waals surface area contributed by atoms with Crippen molar-refractivity contribution in [3.8, 4) is 24.4 Å². The van der Waals surface area contributed by atoms with E-state index in [0.717, 1.165) is 40.3 Å². The second-order valence-corrected chi connectivity index (χ2v) is 10.4. The van der Waals surface area contributed by atoms with E-state index in [4.69, 9.17) is 22.6 Å². The molecule has 1 aromatic carbocycles. The zero-order valence-corrected chi connectivity index (χ0v) is 25.7. The highest BCUT2D eigenvalue weighted by Gasteiger charge is 2.26. The molecule has 0 bridgehead atoms. The van der Waals surface area contributed by atoms with Crippen molar-refractivity contribution in [2.75, 3.05) is 6.54 Å². The molecule has 0 aliphatic heterocycles. The van der Waals surface area contributed by atoms with Gasteiger partial charge in [0.2, 0.25) is 0 Å². The highest BCUT2D eigenvalue weighted by atomic mass is 16.5. The predicted octanol–water partition coefficient (Wildman–Crippen LogP) is 8.73. The lowest BCUT2D eigenvalue weighted by Gasteiger charge is -2.34. The van der Waals surface area contributed by atoms with E-state index >= 15 is 0 Å². The van der Waals surface area contributed by atoms with Crippen LogP contribution < -0.4 is 16.8 Å². The molecule has 0 amide bonds. The minimum atomic E-state index is 0. The van der Waals surface area contributed by atoms with E-state index in [-0.39, 0.29) is 7.43 Å². The maximum Gasteiger partial charge on any atom is 0.170 e. The number of hydrogen-bond acceptors (Lipinski definition) is 4. The Hall–Kier alpha value is -3.34. The molecule has 41 heavy (non-hydrogen) atoms. The van der Waals surface area contributed by atoms with Crippen LogP contribution in [0.3, 0.4) is 0 Å². The van der Waals surface area contributed by atoms with Crippen LogP contribution in [-0.2, 0) is 11.3 Å². The summed E-state index contributed by atoms with van der Waals surface area (Å²) in [4.78, 5) is 0. The van der Waals surface area contributed by atoms with Crippen LogP contribution in [0.5, 0.6) is 0 Å². The Bertz CT molecular complexity index is 1070. The van der Waals surface area contributed by atoms with E-state index in [9.17, 15) is 0 Å². The Labute approximate surface area is 252 Å². The van der Waals surface area contributed by atoms with Crippen molar-refractivity contribution in [1.29, 1.82) is 0 Å². The van der Waals surface area contributed by atoms with Crippen molar-refractivity contribution < 1.29 is 4.74 Å². The molecule has 0 aromatic heterocycles. The number of unbranched alkanes of at least 4 members (excludes halogenated alkanes) is 4. The van der Waals surface area contributed by atoms with Gasteiger partial charge in [-0.2, -0.15) is 0 Å². The summed E-state index contributed by atoms with van der Waals surface area (Å²) in [5.74, 6) is 4.74. The number of benzene rings is 1. The van der Waals surface area contributed by atoms with Gasteiger partial charge in [-0.25, -0.2) is 0 Å². The minimum Gasteiger partial charge on any atom is -0.481 e. The second-order valence-electron chi connectivity index (χ2n) is 10.4. The number of rotatable bonds is 15. The van der Waals surface area contributed by atoms with Crippen molar-refractivity contribution in [2.24, 2.45) is 23.3 Å². The predicted molar refractivity (Wildman–Crippen MR) is 179 cm³/mol. The van der Waals surface area contributed by atoms with E-state index in [1.807, 2.05) is 56.3 Å². The van der Waals surface area contributed by atoms with E-state index in [1.165, 1.54) is 51.4 Å². The van der Waals surface area contributed by atoms with Gasteiger partial charge in [0.15, 0.2) is 5.76 Å². The van der Waals surface area contributed by atoms with Gasteiger partial charge in [-0.15, -0.1) is 6.42 Å². The quantitative estimate of drug-likeness (QED) is 0.0660. The molecule has 1 aromatic rings. The van der Waals surface area contributed by atoms with Crippen LogP contribution in [-0.4, -0.2) is 6.54 Å². The third-order valence-corrected chi connectivity index (χ3v) is 7.37. The zero-order chi connectivity index (χ0) is 29.6. The van der Waals surface area contributed by atoms with Crippen LogP contribution in [0.1, 0.15) is 105 Å². The molecule has 4 nitrogen and oxygen atoms in total. The standard InChI is InChI=1S/C29H37N3O.C7H16.CH4/c1-5-23-17-25(18-23)13-14-28(29(20-31)22(4)32-16-15-30)26(6-2)19-27(7-3)33-21-24-11-9-8-10-12-24;1-3-5-7-6-4-2;/h3,6,8-12,14,19,23,25,32H,5,13,17-18,20-21,30-31H2,1-2,4H3;3-7H2,1-2H3;1H4/b26-6+,27-19+,28-14-,29-22+;;. The Kier molecular flexibility index (Phi) is 21.5. The summed E-state index contributed by atoms with van der Waals surface area (Å²) in [5, 5.41) is 3.04. The third kappa shape index (κ3) is 14.7. The van der Waals surface area contributed by atoms with E-state index in [0.29, 0.717) is 24.8 Å². The first kappa shape index (κ1) is 37.7. The molecule has 226 valence electrons. The van der Waals surface area contributed by atoms with Crippen LogP contribution in [0, 0.1) is 36.3 Å². The molecule has 0 unspecified atom stereocenters. The maximum atomic E-state index is 6.20. The molecule has 4 heteroatoms. The Morgan fingerprint density at radius 3 is 2.24 bits per heavy atom. The molecule has 0 radical (unpaired) electrons. The fourth-order valence-corrected chi connectivity index (χ4v) is 4.76. The first-order valence-corrected chi connectivity index (χ1v) is 15.1. The van der Waals surface area contributed by atoms with Gasteiger partial charge in [0.25, 0.3) is 0 Å². The molecule has 0 atom stereocenters. The van der Waals surface area contributed by atoms with Crippen LogP contribution in [0.25, 0.3) is 0 Å². The number of nitrogens with one attached hydrogen (secondary N) is 1. The van der Waals surface area contributed by atoms with Crippen LogP contribution in [0.2, 0.25) is 0 Å². The SMILES string of the molecule is C.C#C\C(=C/C(=C\C)C(=C/CC1CC(CC)C1)/C(CN)=C(\C)NC#CN)OCc1ccccc1.CCCCCCC. The third-order valence-electron chi connectivity index (χ3n) is 7.37. The molecule has 0 heterocycles. The molecular formula is C37H57N3O. The van der Waals surface area contributed by atoms with Crippen LogP contribution in [0.15, 0.2) is 76.7 Å². The summed E-state index contributed by atoms with van der Waals surface area (Å²) in [7, 11) is 0. The van der Waals surface area contributed by atoms with Gasteiger partial charge >= 0.3 is 0 Å². The molecule has 1 aliphatic rings. The van der Waals surface area contributed by atoms with Crippen LogP contribution in [0.4, 0.5) is 0 Å². The van der Waals surface area contributed by atoms with E-state index < -0.39 is 0 Å². The van der Waals surface area contributed by atoms with Crippen molar-refractivity contribution >= 4 is 0 Å². The van der Waals surface area contributed by atoms with Gasteiger partial charge in [0, 0.05) is 24.3 Å². The van der Waals surface area contributed by atoms with Gasteiger partial charge in [-0.05, 0) is 79.2 Å². The Morgan fingerprint density at radius 2 is 1.73 bits per heavy atom. The fraction of sp³-hybridized carbons (Fsp3) is 0.514. The van der Waals surface area contributed by atoms with Gasteiger partial charge in [-0.1, -0.05) is 109 Å². The fourth-order valence-electron chi connectivity index (χ4n) is 4.76. The lowest BCUT2D eigenvalue weighted by molar-refractivity contribution is 0.190. The van der Waals surface area contributed by atoms with Gasteiger partial charge in [0.1, 0.15) is 6.61 Å². The van der Waals surface area contributed by atoms with Crippen molar-refractivity contribution in [2.45, 2.75) is 106 Å². The molecule has 2 rings (SSSR count). The maximum absolute atomic E-state index is 6.20. The summed E-state index contributed by atoms with van der Waals surface area (Å²) >= 11 is 0. The number of terminal acetylenes is 1. The lowest BCUT2D eigenvalue weighted by atomic mass is 9.71. The molecule has 5 N–H and O–H groups in total. The smallest absolute Gasteiger partial charge is 0.170 e. The van der Waals surface area contributed by atoms with Crippen molar-refractivity contribution in [3.63, 3.8) is 0 Å². The summed E-state index contributed by atoms with van der Waals surface area (Å²) in [5.41, 5.74) is 16.5. The highest BCUT2D eigenvalue weighted by Crippen LogP contribution is 2.39. The van der Waals surface area contributed by atoms with Gasteiger partial charge < -0.3 is 21.5 Å². The molecule has 0 spiro atoms. The van der Waals surface area contributed by atoms with Crippen molar-refractivity contribution in [1.82, 2.24) is 5.32 Å². The number of nitrogens with two attached hydrogens (primary N) is 2. The summed E-state index contributed by atoms with van der Waals surface area (Å²) < 4.78 is 5.94. The monoisotopic (exact) mass is 559 g/mol. The lowest BCUT2D eigenvalue weighted by Crippen LogP contribution is -2.22. The first-order chi connectivity index (χ1) is 19.5. The Balaban J connectivity index is 0.00000177. The normalized spacial score (nSPS) is 17.2. The van der Waals surface area contributed by atoms with Crippen molar-refractivity contribution in [3.05, 3.63) is 82.3 Å². The Morgan fingerprint density at radius 1 is 1.07 bits per heavy atom.